The molecule has 0 bridgehead atoms. The molecule has 1 N–H and O–H groups in total. The van der Waals surface area contributed by atoms with Crippen LogP contribution in [0, 0.1) is 0 Å². The molecule has 108 valence electrons. The van der Waals surface area contributed by atoms with Gasteiger partial charge in [0, 0.05) is 18.9 Å². The van der Waals surface area contributed by atoms with Crippen molar-refractivity contribution in [3.63, 3.8) is 0 Å². The third-order valence-electron chi connectivity index (χ3n) is 3.06. The molecule has 6 heteroatoms. The van der Waals surface area contributed by atoms with Crippen LogP contribution in [0.4, 0.5) is 0 Å². The van der Waals surface area contributed by atoms with E-state index < -0.39 is 0 Å². The van der Waals surface area contributed by atoms with E-state index in [9.17, 15) is 0 Å². The van der Waals surface area contributed by atoms with E-state index >= 15 is 0 Å². The Labute approximate surface area is 127 Å². The SMILES string of the molecule is CCCNCc1cccnc1Sc1nnc2ccccn12. The number of rotatable bonds is 6. The highest BCUT2D eigenvalue weighted by atomic mass is 32.2. The van der Waals surface area contributed by atoms with Gasteiger partial charge in [-0.1, -0.05) is 19.1 Å². The molecule has 0 aliphatic carbocycles. The van der Waals surface area contributed by atoms with E-state index in [1.165, 1.54) is 5.56 Å². The number of pyridine rings is 2. The highest BCUT2D eigenvalue weighted by molar-refractivity contribution is 7.99. The fourth-order valence-corrected chi connectivity index (χ4v) is 2.92. The molecule has 0 amide bonds. The molecule has 0 aromatic carbocycles. The van der Waals surface area contributed by atoms with Gasteiger partial charge in [0.1, 0.15) is 5.03 Å². The topological polar surface area (TPSA) is 55.1 Å². The summed E-state index contributed by atoms with van der Waals surface area (Å²) in [5, 5.41) is 13.6. The van der Waals surface area contributed by atoms with Crippen LogP contribution in [0.25, 0.3) is 5.65 Å². The average Bonchev–Trinajstić information content (AvgIpc) is 2.93. The minimum atomic E-state index is 0.820. The summed E-state index contributed by atoms with van der Waals surface area (Å²) in [6.07, 6.45) is 4.90. The summed E-state index contributed by atoms with van der Waals surface area (Å²) >= 11 is 1.55. The smallest absolute Gasteiger partial charge is 0.201 e. The predicted molar refractivity (Wildman–Crippen MR) is 83.3 cm³/mol. The lowest BCUT2D eigenvalue weighted by atomic mass is 10.3. The Kier molecular flexibility index (Phi) is 4.47. The van der Waals surface area contributed by atoms with Crippen LogP contribution in [0.1, 0.15) is 18.9 Å². The van der Waals surface area contributed by atoms with E-state index in [2.05, 4.69) is 33.5 Å². The zero-order valence-corrected chi connectivity index (χ0v) is 12.7. The molecule has 0 aliphatic heterocycles. The molecule has 21 heavy (non-hydrogen) atoms. The summed E-state index contributed by atoms with van der Waals surface area (Å²) < 4.78 is 1.97. The molecular formula is C15H17N5S. The normalized spacial score (nSPS) is 11.1. The van der Waals surface area contributed by atoms with Crippen molar-refractivity contribution < 1.29 is 0 Å². The van der Waals surface area contributed by atoms with Crippen LogP contribution in [0.2, 0.25) is 0 Å². The summed E-state index contributed by atoms with van der Waals surface area (Å²) in [4.78, 5) is 4.48. The van der Waals surface area contributed by atoms with E-state index in [0.717, 1.165) is 35.3 Å². The molecule has 0 radical (unpaired) electrons. The Balaban J connectivity index is 1.84. The molecule has 3 heterocycles. The fraction of sp³-hybridized carbons (Fsp3) is 0.267. The monoisotopic (exact) mass is 299 g/mol. The Bertz CT molecular complexity index is 725. The summed E-state index contributed by atoms with van der Waals surface area (Å²) in [5.74, 6) is 0. The highest BCUT2D eigenvalue weighted by Crippen LogP contribution is 2.27. The van der Waals surface area contributed by atoms with E-state index in [-0.39, 0.29) is 0 Å². The second kappa shape index (κ2) is 6.69. The van der Waals surface area contributed by atoms with E-state index in [1.54, 1.807) is 11.8 Å². The Morgan fingerprint density at radius 2 is 2.14 bits per heavy atom. The third-order valence-corrected chi connectivity index (χ3v) is 4.08. The lowest BCUT2D eigenvalue weighted by Gasteiger charge is -2.07. The minimum Gasteiger partial charge on any atom is -0.313 e. The van der Waals surface area contributed by atoms with Crippen LogP contribution in [0.15, 0.2) is 52.9 Å². The standard InChI is InChI=1S/C15H17N5S/c1-2-8-16-11-12-6-5-9-17-14(12)21-15-19-18-13-7-3-4-10-20(13)15/h3-7,9-10,16H,2,8,11H2,1H3. The maximum absolute atomic E-state index is 4.48. The van der Waals surface area contributed by atoms with Gasteiger partial charge in [-0.3, -0.25) is 4.40 Å². The van der Waals surface area contributed by atoms with Gasteiger partial charge >= 0.3 is 0 Å². The maximum atomic E-state index is 4.48. The van der Waals surface area contributed by atoms with Crippen molar-refractivity contribution in [1.82, 2.24) is 24.9 Å². The van der Waals surface area contributed by atoms with Crippen molar-refractivity contribution in [3.05, 3.63) is 48.3 Å². The van der Waals surface area contributed by atoms with Gasteiger partial charge in [-0.25, -0.2) is 4.98 Å². The van der Waals surface area contributed by atoms with Crippen molar-refractivity contribution in [2.24, 2.45) is 0 Å². The summed E-state index contributed by atoms with van der Waals surface area (Å²) in [6, 6.07) is 9.94. The zero-order valence-electron chi connectivity index (χ0n) is 11.9. The Morgan fingerprint density at radius 1 is 1.19 bits per heavy atom. The summed E-state index contributed by atoms with van der Waals surface area (Å²) in [5.41, 5.74) is 2.03. The molecule has 0 saturated carbocycles. The number of hydrogen-bond donors (Lipinski definition) is 1. The highest BCUT2D eigenvalue weighted by Gasteiger charge is 2.10. The molecule has 3 aromatic heterocycles. The Hall–Kier alpha value is -1.92. The van der Waals surface area contributed by atoms with Gasteiger partial charge < -0.3 is 5.32 Å². The molecule has 0 spiro atoms. The molecule has 0 unspecified atom stereocenters. The van der Waals surface area contributed by atoms with Gasteiger partial charge in [-0.2, -0.15) is 0 Å². The number of fused-ring (bicyclic) bond motifs is 1. The van der Waals surface area contributed by atoms with Gasteiger partial charge in [-0.05, 0) is 48.5 Å². The molecule has 3 rings (SSSR count). The van der Waals surface area contributed by atoms with E-state index in [1.807, 2.05) is 41.1 Å². The summed E-state index contributed by atoms with van der Waals surface area (Å²) in [7, 11) is 0. The minimum absolute atomic E-state index is 0.820. The quantitative estimate of drug-likeness (QED) is 0.709. The number of nitrogens with one attached hydrogen (secondary N) is 1. The van der Waals surface area contributed by atoms with Crippen LogP contribution in [-0.4, -0.2) is 26.1 Å². The van der Waals surface area contributed by atoms with Crippen LogP contribution < -0.4 is 5.32 Å². The largest absolute Gasteiger partial charge is 0.313 e. The lowest BCUT2D eigenvalue weighted by molar-refractivity contribution is 0.665. The van der Waals surface area contributed by atoms with Crippen LogP contribution in [0.3, 0.4) is 0 Å². The molecule has 3 aromatic rings. The second-order valence-corrected chi connectivity index (χ2v) is 5.61. The van der Waals surface area contributed by atoms with Crippen LogP contribution >= 0.6 is 11.8 Å². The lowest BCUT2D eigenvalue weighted by Crippen LogP contribution is -2.14. The molecular weight excluding hydrogens is 282 g/mol. The molecule has 0 fully saturated rings. The van der Waals surface area contributed by atoms with Crippen molar-refractivity contribution in [2.75, 3.05) is 6.54 Å². The summed E-state index contributed by atoms with van der Waals surface area (Å²) in [6.45, 7) is 3.99. The van der Waals surface area contributed by atoms with E-state index in [0.29, 0.717) is 0 Å². The third kappa shape index (κ3) is 3.22. The fourth-order valence-electron chi connectivity index (χ4n) is 2.03. The van der Waals surface area contributed by atoms with Gasteiger partial charge in [0.15, 0.2) is 5.65 Å². The molecule has 0 atom stereocenters. The number of aromatic nitrogens is 4. The van der Waals surface area contributed by atoms with Crippen LogP contribution in [-0.2, 0) is 6.54 Å². The predicted octanol–water partition coefficient (Wildman–Crippen LogP) is 2.78. The first-order chi connectivity index (χ1) is 10.4. The van der Waals surface area contributed by atoms with Gasteiger partial charge in [0.05, 0.1) is 0 Å². The average molecular weight is 299 g/mol. The first kappa shape index (κ1) is 14.0. The van der Waals surface area contributed by atoms with Gasteiger partial charge in [0.25, 0.3) is 0 Å². The van der Waals surface area contributed by atoms with Crippen molar-refractivity contribution in [1.29, 1.82) is 0 Å². The molecule has 0 aliphatic rings. The first-order valence-electron chi connectivity index (χ1n) is 7.00. The number of hydrogen-bond acceptors (Lipinski definition) is 5. The van der Waals surface area contributed by atoms with Gasteiger partial charge in [-0.15, -0.1) is 10.2 Å². The number of nitrogens with zero attached hydrogens (tertiary/aromatic N) is 4. The second-order valence-electron chi connectivity index (χ2n) is 4.66. The van der Waals surface area contributed by atoms with E-state index in [4.69, 9.17) is 0 Å². The Morgan fingerprint density at radius 3 is 3.05 bits per heavy atom. The van der Waals surface area contributed by atoms with Crippen LogP contribution in [0.5, 0.6) is 0 Å². The zero-order chi connectivity index (χ0) is 14.5. The first-order valence-corrected chi connectivity index (χ1v) is 7.82. The van der Waals surface area contributed by atoms with Crippen molar-refractivity contribution in [3.8, 4) is 0 Å². The van der Waals surface area contributed by atoms with Crippen molar-refractivity contribution >= 4 is 17.4 Å². The molecule has 5 nitrogen and oxygen atoms in total. The van der Waals surface area contributed by atoms with Crippen molar-refractivity contribution in [2.45, 2.75) is 30.1 Å². The maximum Gasteiger partial charge on any atom is 0.201 e. The van der Waals surface area contributed by atoms with Gasteiger partial charge in [0.2, 0.25) is 5.16 Å². The molecule has 0 saturated heterocycles.